The number of amides is 1. The quantitative estimate of drug-likeness (QED) is 0.699. The zero-order valence-electron chi connectivity index (χ0n) is 17.8. The van der Waals surface area contributed by atoms with E-state index in [4.69, 9.17) is 0 Å². The van der Waals surface area contributed by atoms with Gasteiger partial charge in [-0.1, -0.05) is 30.3 Å². The Morgan fingerprint density at radius 2 is 1.94 bits per heavy atom. The molecule has 2 bridgehead atoms. The van der Waals surface area contributed by atoms with Crippen LogP contribution in [0.15, 0.2) is 47.4 Å². The molecule has 0 radical (unpaired) electrons. The number of nitrogens with one attached hydrogen (secondary N) is 2. The Kier molecular flexibility index (Phi) is 5.77. The van der Waals surface area contributed by atoms with Crippen molar-refractivity contribution in [2.45, 2.75) is 42.2 Å². The van der Waals surface area contributed by atoms with Crippen LogP contribution >= 0.6 is 0 Å². The summed E-state index contributed by atoms with van der Waals surface area (Å²) in [6.45, 7) is 0.864. The standard InChI is InChI=1S/C24H24N4O3S/c1-32(30,31)22-11-19(6-7-20(22)13-25)18-4-2-16(3-5-18)10-21(14-26)28-23(29)24-9-8-17(12-24)15-27-24/h2-7,11,17,21,27H,8-10,12,15H2,1H3,(H,28,29)/t17-,21-,24?/m0/s1. The van der Waals surface area contributed by atoms with Gasteiger partial charge in [0.25, 0.3) is 0 Å². The molecule has 2 aliphatic rings. The third-order valence-electron chi connectivity index (χ3n) is 6.47. The number of carbonyl (C=O) groups excluding carboxylic acids is 1. The number of nitriles is 2. The molecule has 1 aliphatic carbocycles. The second-order valence-corrected chi connectivity index (χ2v) is 10.7. The minimum atomic E-state index is -3.53. The van der Waals surface area contributed by atoms with Gasteiger partial charge in [-0.2, -0.15) is 10.5 Å². The van der Waals surface area contributed by atoms with E-state index >= 15 is 0 Å². The predicted molar refractivity (Wildman–Crippen MR) is 119 cm³/mol. The maximum atomic E-state index is 12.8. The highest BCUT2D eigenvalue weighted by atomic mass is 32.2. The van der Waals surface area contributed by atoms with Crippen LogP contribution < -0.4 is 10.6 Å². The Morgan fingerprint density at radius 3 is 2.47 bits per heavy atom. The highest BCUT2D eigenvalue weighted by Crippen LogP contribution is 2.40. The summed E-state index contributed by atoms with van der Waals surface area (Å²) in [7, 11) is -3.53. The lowest BCUT2D eigenvalue weighted by Crippen LogP contribution is -2.55. The number of sulfone groups is 1. The third-order valence-corrected chi connectivity index (χ3v) is 7.61. The minimum absolute atomic E-state index is 0.00267. The first kappa shape index (κ1) is 22.0. The molecule has 8 heteroatoms. The molecule has 1 aliphatic heterocycles. The molecule has 3 atom stereocenters. The topological polar surface area (TPSA) is 123 Å². The van der Waals surface area contributed by atoms with E-state index < -0.39 is 21.4 Å². The summed E-state index contributed by atoms with van der Waals surface area (Å²) in [5, 5.41) is 25.0. The molecule has 2 fully saturated rings. The molecule has 0 aromatic heterocycles. The molecular weight excluding hydrogens is 424 g/mol. The lowest BCUT2D eigenvalue weighted by Gasteiger charge is -2.27. The number of carbonyl (C=O) groups is 1. The maximum Gasteiger partial charge on any atom is 0.241 e. The van der Waals surface area contributed by atoms with E-state index in [0.29, 0.717) is 17.9 Å². The highest BCUT2D eigenvalue weighted by Gasteiger charge is 2.50. The van der Waals surface area contributed by atoms with Crippen molar-refractivity contribution in [3.63, 3.8) is 0 Å². The van der Waals surface area contributed by atoms with Crippen LogP contribution in [0.2, 0.25) is 0 Å². The van der Waals surface area contributed by atoms with Crippen molar-refractivity contribution in [3.05, 3.63) is 53.6 Å². The predicted octanol–water partition coefficient (Wildman–Crippen LogP) is 2.32. The van der Waals surface area contributed by atoms with Gasteiger partial charge in [0, 0.05) is 12.7 Å². The summed E-state index contributed by atoms with van der Waals surface area (Å²) in [4.78, 5) is 12.8. The zero-order chi connectivity index (χ0) is 22.9. The van der Waals surface area contributed by atoms with Crippen molar-refractivity contribution in [1.82, 2.24) is 10.6 Å². The number of nitrogens with zero attached hydrogens (tertiary/aromatic N) is 2. The number of hydrogen-bond acceptors (Lipinski definition) is 6. The van der Waals surface area contributed by atoms with Gasteiger partial charge in [-0.25, -0.2) is 8.42 Å². The smallest absolute Gasteiger partial charge is 0.241 e. The molecule has 1 saturated carbocycles. The second kappa shape index (κ2) is 8.38. The minimum Gasteiger partial charge on any atom is -0.338 e. The molecule has 32 heavy (non-hydrogen) atoms. The van der Waals surface area contributed by atoms with E-state index in [0.717, 1.165) is 43.2 Å². The molecule has 2 aromatic rings. The lowest BCUT2D eigenvalue weighted by atomic mass is 9.96. The van der Waals surface area contributed by atoms with Crippen LogP contribution in [0.5, 0.6) is 0 Å². The Bertz CT molecular complexity index is 1230. The Labute approximate surface area is 188 Å². The number of hydrogen-bond donors (Lipinski definition) is 2. The molecule has 2 N–H and O–H groups in total. The van der Waals surface area contributed by atoms with E-state index in [9.17, 15) is 23.7 Å². The van der Waals surface area contributed by atoms with Crippen LogP contribution in [0.1, 0.15) is 30.4 Å². The first-order chi connectivity index (χ1) is 15.2. The van der Waals surface area contributed by atoms with Crippen LogP contribution in [0.25, 0.3) is 11.1 Å². The van der Waals surface area contributed by atoms with Gasteiger partial charge in [-0.3, -0.25) is 4.79 Å². The van der Waals surface area contributed by atoms with Crippen molar-refractivity contribution < 1.29 is 13.2 Å². The Morgan fingerprint density at radius 1 is 1.22 bits per heavy atom. The molecule has 1 heterocycles. The SMILES string of the molecule is CS(=O)(=O)c1cc(-c2ccc(C[C@@H](C#N)NC(=O)C34CC[C@H](CN3)C4)cc2)ccc1C#N. The van der Waals surface area contributed by atoms with Crippen LogP contribution in [0, 0.1) is 28.6 Å². The number of rotatable bonds is 6. The van der Waals surface area contributed by atoms with Gasteiger partial charge in [0.2, 0.25) is 5.91 Å². The molecule has 1 saturated heterocycles. The van der Waals surface area contributed by atoms with E-state index in [1.54, 1.807) is 6.07 Å². The number of piperidine rings is 1. The summed E-state index contributed by atoms with van der Waals surface area (Å²) in [6, 6.07) is 15.6. The largest absolute Gasteiger partial charge is 0.338 e. The average Bonchev–Trinajstić information content (AvgIpc) is 3.41. The Balaban J connectivity index is 1.47. The van der Waals surface area contributed by atoms with Gasteiger partial charge in [0.15, 0.2) is 9.84 Å². The maximum absolute atomic E-state index is 12.8. The summed E-state index contributed by atoms with van der Waals surface area (Å²) in [5.74, 6) is 0.464. The van der Waals surface area contributed by atoms with Crippen LogP contribution in [-0.4, -0.2) is 38.7 Å². The van der Waals surface area contributed by atoms with Crippen molar-refractivity contribution in [1.29, 1.82) is 10.5 Å². The van der Waals surface area contributed by atoms with E-state index in [2.05, 4.69) is 16.7 Å². The molecule has 2 aromatic carbocycles. The van der Waals surface area contributed by atoms with E-state index in [-0.39, 0.29) is 16.4 Å². The van der Waals surface area contributed by atoms with E-state index in [1.807, 2.05) is 30.3 Å². The fraction of sp³-hybridized carbons (Fsp3) is 0.375. The fourth-order valence-corrected chi connectivity index (χ4v) is 5.56. The highest BCUT2D eigenvalue weighted by molar-refractivity contribution is 7.90. The first-order valence-corrected chi connectivity index (χ1v) is 12.4. The normalized spacial score (nSPS) is 22.7. The van der Waals surface area contributed by atoms with Crippen molar-refractivity contribution >= 4 is 15.7 Å². The molecule has 7 nitrogen and oxygen atoms in total. The van der Waals surface area contributed by atoms with Crippen LogP contribution in [0.3, 0.4) is 0 Å². The fourth-order valence-electron chi connectivity index (χ4n) is 4.70. The second-order valence-electron chi connectivity index (χ2n) is 8.72. The van der Waals surface area contributed by atoms with E-state index in [1.165, 1.54) is 12.1 Å². The van der Waals surface area contributed by atoms with Gasteiger partial charge >= 0.3 is 0 Å². The van der Waals surface area contributed by atoms with Crippen LogP contribution in [0.4, 0.5) is 0 Å². The summed E-state index contributed by atoms with van der Waals surface area (Å²) < 4.78 is 24.0. The van der Waals surface area contributed by atoms with Crippen molar-refractivity contribution in [2.75, 3.05) is 12.8 Å². The zero-order valence-corrected chi connectivity index (χ0v) is 18.6. The lowest BCUT2D eigenvalue weighted by molar-refractivity contribution is -0.127. The van der Waals surface area contributed by atoms with Gasteiger partial charge < -0.3 is 10.6 Å². The average molecular weight is 449 g/mol. The Hall–Kier alpha value is -3.20. The third kappa shape index (κ3) is 4.25. The van der Waals surface area contributed by atoms with Crippen molar-refractivity contribution in [2.24, 2.45) is 5.92 Å². The van der Waals surface area contributed by atoms with Gasteiger partial charge in [-0.15, -0.1) is 0 Å². The number of fused-ring (bicyclic) bond motifs is 2. The number of benzene rings is 2. The first-order valence-electron chi connectivity index (χ1n) is 10.5. The molecule has 0 spiro atoms. The van der Waals surface area contributed by atoms with Gasteiger partial charge in [0.05, 0.1) is 22.1 Å². The monoisotopic (exact) mass is 448 g/mol. The van der Waals surface area contributed by atoms with Gasteiger partial charge in [-0.05, 0) is 60.5 Å². The molecule has 164 valence electrons. The molecule has 1 unspecified atom stereocenters. The summed E-state index contributed by atoms with van der Waals surface area (Å²) in [5.41, 5.74) is 1.97. The van der Waals surface area contributed by atoms with Crippen LogP contribution in [-0.2, 0) is 21.1 Å². The van der Waals surface area contributed by atoms with Crippen molar-refractivity contribution in [3.8, 4) is 23.3 Å². The molecule has 4 rings (SSSR count). The summed E-state index contributed by atoms with van der Waals surface area (Å²) >= 11 is 0. The van der Waals surface area contributed by atoms with Gasteiger partial charge in [0.1, 0.15) is 12.1 Å². The summed E-state index contributed by atoms with van der Waals surface area (Å²) in [6.07, 6.45) is 4.17. The molecular formula is C24H24N4O3S. The molecule has 1 amide bonds.